The van der Waals surface area contributed by atoms with Gasteiger partial charge in [-0.3, -0.25) is 9.59 Å². The number of carbonyl (C=O) groups is 2. The van der Waals surface area contributed by atoms with Crippen molar-refractivity contribution in [2.45, 2.75) is 51.4 Å². The molecule has 1 fully saturated rings. The van der Waals surface area contributed by atoms with Crippen molar-refractivity contribution in [2.24, 2.45) is 11.8 Å². The zero-order chi connectivity index (χ0) is 12.0. The third-order valence-corrected chi connectivity index (χ3v) is 3.42. The molecule has 1 saturated carbocycles. The van der Waals surface area contributed by atoms with Gasteiger partial charge < -0.3 is 10.2 Å². The maximum Gasteiger partial charge on any atom is 0.306 e. The molecule has 0 bridgehead atoms. The topological polar surface area (TPSA) is 74.6 Å². The van der Waals surface area contributed by atoms with E-state index in [0.29, 0.717) is 25.7 Å². The van der Waals surface area contributed by atoms with Crippen LogP contribution < -0.4 is 0 Å². The number of rotatable bonds is 2. The maximum atomic E-state index is 10.9. The highest BCUT2D eigenvalue weighted by Gasteiger charge is 2.23. The van der Waals surface area contributed by atoms with Gasteiger partial charge >= 0.3 is 11.9 Å². The third-order valence-electron chi connectivity index (χ3n) is 3.42. The van der Waals surface area contributed by atoms with E-state index in [9.17, 15) is 9.59 Å². The molecule has 16 heavy (non-hydrogen) atoms. The summed E-state index contributed by atoms with van der Waals surface area (Å²) in [6.07, 6.45) is 6.36. The lowest BCUT2D eigenvalue weighted by molar-refractivity contribution is -0.145. The van der Waals surface area contributed by atoms with Crippen LogP contribution in [0.2, 0.25) is 0 Å². The van der Waals surface area contributed by atoms with Gasteiger partial charge in [0.05, 0.1) is 11.8 Å². The van der Waals surface area contributed by atoms with E-state index in [0.717, 1.165) is 25.7 Å². The Morgan fingerprint density at radius 3 is 1.38 bits per heavy atom. The Kier molecular flexibility index (Phi) is 5.29. The van der Waals surface area contributed by atoms with Gasteiger partial charge in [-0.1, -0.05) is 25.7 Å². The summed E-state index contributed by atoms with van der Waals surface area (Å²) in [5, 5.41) is 18.0. The molecule has 1 rings (SSSR count). The predicted octanol–water partition coefficient (Wildman–Crippen LogP) is 2.52. The second-order valence-electron chi connectivity index (χ2n) is 4.64. The Labute approximate surface area is 95.7 Å². The largest absolute Gasteiger partial charge is 0.481 e. The molecule has 0 heterocycles. The van der Waals surface area contributed by atoms with Crippen molar-refractivity contribution < 1.29 is 19.8 Å². The van der Waals surface area contributed by atoms with E-state index in [1.807, 2.05) is 0 Å². The average molecular weight is 228 g/mol. The molecule has 1 aliphatic rings. The minimum Gasteiger partial charge on any atom is -0.481 e. The van der Waals surface area contributed by atoms with Crippen molar-refractivity contribution in [3.05, 3.63) is 0 Å². The smallest absolute Gasteiger partial charge is 0.306 e. The van der Waals surface area contributed by atoms with Crippen LogP contribution in [-0.2, 0) is 9.59 Å². The van der Waals surface area contributed by atoms with Crippen LogP contribution in [0, 0.1) is 11.8 Å². The molecule has 4 nitrogen and oxygen atoms in total. The molecule has 0 spiro atoms. The van der Waals surface area contributed by atoms with Gasteiger partial charge in [0.2, 0.25) is 0 Å². The highest BCUT2D eigenvalue weighted by Crippen LogP contribution is 2.25. The standard InChI is InChI=1S/C12H20O4/c13-11(14)9-5-3-1-2-4-6-10(8-7-9)12(15)16/h9-10H,1-8H2,(H,13,14)(H,15,16). The summed E-state index contributed by atoms with van der Waals surface area (Å²) < 4.78 is 0. The summed E-state index contributed by atoms with van der Waals surface area (Å²) >= 11 is 0. The minimum atomic E-state index is -0.773. The summed E-state index contributed by atoms with van der Waals surface area (Å²) in [5.41, 5.74) is 0. The normalized spacial score (nSPS) is 28.2. The fraction of sp³-hybridized carbons (Fsp3) is 0.833. The Morgan fingerprint density at radius 2 is 1.06 bits per heavy atom. The zero-order valence-corrected chi connectivity index (χ0v) is 9.52. The molecule has 0 saturated heterocycles. The fourth-order valence-electron chi connectivity index (χ4n) is 2.32. The summed E-state index contributed by atoms with van der Waals surface area (Å²) in [5.74, 6) is -2.24. The van der Waals surface area contributed by atoms with Gasteiger partial charge in [0.15, 0.2) is 0 Å². The van der Waals surface area contributed by atoms with Gasteiger partial charge in [-0.05, 0) is 25.7 Å². The number of carboxylic acids is 2. The Hall–Kier alpha value is -1.06. The average Bonchev–Trinajstić information content (AvgIpc) is 2.24. The fourth-order valence-corrected chi connectivity index (χ4v) is 2.32. The Bertz CT molecular complexity index is 223. The van der Waals surface area contributed by atoms with Gasteiger partial charge in [-0.15, -0.1) is 0 Å². The SMILES string of the molecule is O=C(O)C1CCCCCCC(C(=O)O)CC1. The summed E-state index contributed by atoms with van der Waals surface area (Å²) in [6.45, 7) is 0. The molecule has 0 aromatic carbocycles. The number of aliphatic carboxylic acids is 2. The second kappa shape index (κ2) is 6.51. The first-order chi connectivity index (χ1) is 7.61. The van der Waals surface area contributed by atoms with Gasteiger partial charge in [-0.2, -0.15) is 0 Å². The number of hydrogen-bond acceptors (Lipinski definition) is 2. The quantitative estimate of drug-likeness (QED) is 0.761. The van der Waals surface area contributed by atoms with Gasteiger partial charge in [-0.25, -0.2) is 0 Å². The molecule has 2 unspecified atom stereocenters. The second-order valence-corrected chi connectivity index (χ2v) is 4.64. The number of hydrogen-bond donors (Lipinski definition) is 2. The van der Waals surface area contributed by atoms with E-state index in [1.165, 1.54) is 0 Å². The molecule has 0 amide bonds. The van der Waals surface area contributed by atoms with E-state index in [2.05, 4.69) is 0 Å². The summed E-state index contributed by atoms with van der Waals surface area (Å²) in [7, 11) is 0. The third kappa shape index (κ3) is 4.21. The Morgan fingerprint density at radius 1 is 0.688 bits per heavy atom. The van der Waals surface area contributed by atoms with Crippen LogP contribution in [0.4, 0.5) is 0 Å². The lowest BCUT2D eigenvalue weighted by Crippen LogP contribution is -2.20. The molecule has 0 aromatic heterocycles. The molecule has 4 heteroatoms. The van der Waals surface area contributed by atoms with Gasteiger partial charge in [0, 0.05) is 0 Å². The van der Waals surface area contributed by atoms with E-state index in [4.69, 9.17) is 10.2 Å². The summed E-state index contributed by atoms with van der Waals surface area (Å²) in [4.78, 5) is 21.9. The lowest BCUT2D eigenvalue weighted by Gasteiger charge is -2.18. The zero-order valence-electron chi connectivity index (χ0n) is 9.52. The lowest BCUT2D eigenvalue weighted by atomic mass is 9.87. The van der Waals surface area contributed by atoms with Crippen LogP contribution in [0.15, 0.2) is 0 Å². The van der Waals surface area contributed by atoms with E-state index in [-0.39, 0.29) is 11.8 Å². The first-order valence-electron chi connectivity index (χ1n) is 6.07. The van der Waals surface area contributed by atoms with Crippen LogP contribution in [0.3, 0.4) is 0 Å². The van der Waals surface area contributed by atoms with Gasteiger partial charge in [0.25, 0.3) is 0 Å². The highest BCUT2D eigenvalue weighted by atomic mass is 16.4. The van der Waals surface area contributed by atoms with Gasteiger partial charge in [0.1, 0.15) is 0 Å². The molecule has 0 aliphatic heterocycles. The van der Waals surface area contributed by atoms with Crippen LogP contribution >= 0.6 is 0 Å². The highest BCUT2D eigenvalue weighted by molar-refractivity contribution is 5.71. The molecule has 1 aliphatic carbocycles. The van der Waals surface area contributed by atoms with Crippen molar-refractivity contribution >= 4 is 11.9 Å². The van der Waals surface area contributed by atoms with E-state index < -0.39 is 11.9 Å². The molecular weight excluding hydrogens is 208 g/mol. The van der Waals surface area contributed by atoms with Crippen molar-refractivity contribution in [1.82, 2.24) is 0 Å². The number of carboxylic acid groups (broad SMARTS) is 2. The van der Waals surface area contributed by atoms with Crippen molar-refractivity contribution in [3.8, 4) is 0 Å². The molecule has 2 N–H and O–H groups in total. The van der Waals surface area contributed by atoms with Crippen LogP contribution in [0.5, 0.6) is 0 Å². The predicted molar refractivity (Wildman–Crippen MR) is 59.2 cm³/mol. The van der Waals surface area contributed by atoms with Crippen molar-refractivity contribution in [1.29, 1.82) is 0 Å². The summed E-state index contributed by atoms with van der Waals surface area (Å²) in [6, 6.07) is 0. The van der Waals surface area contributed by atoms with Crippen molar-refractivity contribution in [3.63, 3.8) is 0 Å². The van der Waals surface area contributed by atoms with Crippen LogP contribution in [0.25, 0.3) is 0 Å². The molecular formula is C12H20O4. The van der Waals surface area contributed by atoms with E-state index in [1.54, 1.807) is 0 Å². The first kappa shape index (κ1) is 13.0. The molecule has 2 atom stereocenters. The monoisotopic (exact) mass is 228 g/mol. The molecule has 0 aromatic rings. The Balaban J connectivity index is 2.54. The molecule has 92 valence electrons. The first-order valence-corrected chi connectivity index (χ1v) is 6.07. The maximum absolute atomic E-state index is 10.9. The van der Waals surface area contributed by atoms with Crippen LogP contribution in [0.1, 0.15) is 51.4 Å². The van der Waals surface area contributed by atoms with E-state index >= 15 is 0 Å². The van der Waals surface area contributed by atoms with Crippen molar-refractivity contribution in [2.75, 3.05) is 0 Å². The minimum absolute atomic E-state index is 0.347. The molecule has 0 radical (unpaired) electrons. The van der Waals surface area contributed by atoms with Crippen LogP contribution in [-0.4, -0.2) is 22.2 Å².